The van der Waals surface area contributed by atoms with Gasteiger partial charge >= 0.3 is 0 Å². The molecule has 0 amide bonds. The minimum absolute atomic E-state index is 0.0174. The summed E-state index contributed by atoms with van der Waals surface area (Å²) in [5.74, 6) is -0.654. The Balaban J connectivity index is 1.79. The van der Waals surface area contributed by atoms with E-state index < -0.39 is 15.8 Å². The number of hydrogen-bond acceptors (Lipinski definition) is 5. The number of nitrogens with zero attached hydrogens (tertiary/aromatic N) is 2. The van der Waals surface area contributed by atoms with Crippen molar-refractivity contribution in [2.24, 2.45) is 7.05 Å². The second-order valence-electron chi connectivity index (χ2n) is 6.34. The summed E-state index contributed by atoms with van der Waals surface area (Å²) in [5, 5.41) is 0. The van der Waals surface area contributed by atoms with Gasteiger partial charge in [0.1, 0.15) is 6.10 Å². The van der Waals surface area contributed by atoms with E-state index in [9.17, 15) is 12.8 Å². The average Bonchev–Trinajstić information content (AvgIpc) is 3.03. The highest BCUT2D eigenvalue weighted by molar-refractivity contribution is 7.89. The van der Waals surface area contributed by atoms with Gasteiger partial charge in [-0.3, -0.25) is 0 Å². The molecule has 0 saturated carbocycles. The van der Waals surface area contributed by atoms with E-state index >= 15 is 0 Å². The zero-order valence-electron chi connectivity index (χ0n) is 14.9. The molecule has 3 rings (SSSR count). The molecule has 1 aliphatic heterocycles. The summed E-state index contributed by atoms with van der Waals surface area (Å²) in [7, 11) is -0.662. The van der Waals surface area contributed by atoms with Crippen molar-refractivity contribution in [2.75, 3.05) is 13.7 Å². The predicted molar refractivity (Wildman–Crippen MR) is 92.9 cm³/mol. The number of imidazole rings is 1. The molecule has 1 aromatic carbocycles. The van der Waals surface area contributed by atoms with Crippen LogP contribution in [0.1, 0.15) is 30.2 Å². The van der Waals surface area contributed by atoms with E-state index in [0.29, 0.717) is 19.4 Å². The summed E-state index contributed by atoms with van der Waals surface area (Å²) in [4.78, 5) is 3.99. The molecule has 1 aliphatic rings. The second kappa shape index (κ2) is 7.34. The van der Waals surface area contributed by atoms with Crippen LogP contribution in [-0.4, -0.2) is 37.7 Å². The molecule has 9 heteroatoms. The fraction of sp³-hybridized carbons (Fsp3) is 0.471. The first-order valence-corrected chi connectivity index (χ1v) is 9.75. The third-order valence-electron chi connectivity index (χ3n) is 4.60. The standard InChI is InChI=1S/C17H22FN3O4S/c1-11-16(5-4-14(24-3)17(11)18)26(22,23)20-12-6-7-25-15(8-12)13-9-19-10-21(13)2/h4-5,9-10,12,15,20H,6-8H2,1-3H3/t12-,15+/m1/s1. The molecule has 2 aromatic rings. The minimum atomic E-state index is -3.86. The SMILES string of the molecule is COc1ccc(S(=O)(=O)N[C@@H]2CCO[C@H](c3cncn3C)C2)c(C)c1F. The van der Waals surface area contributed by atoms with Gasteiger partial charge in [0.25, 0.3) is 0 Å². The van der Waals surface area contributed by atoms with Gasteiger partial charge in [0.15, 0.2) is 11.6 Å². The van der Waals surface area contributed by atoms with Gasteiger partial charge in [-0.15, -0.1) is 0 Å². The van der Waals surface area contributed by atoms with Crippen LogP contribution in [0.2, 0.25) is 0 Å². The fourth-order valence-electron chi connectivity index (χ4n) is 3.16. The lowest BCUT2D eigenvalue weighted by atomic mass is 10.0. The number of aryl methyl sites for hydroxylation is 1. The van der Waals surface area contributed by atoms with Gasteiger partial charge in [-0.2, -0.15) is 0 Å². The lowest BCUT2D eigenvalue weighted by Gasteiger charge is -2.30. The first-order valence-electron chi connectivity index (χ1n) is 8.26. The third-order valence-corrected chi connectivity index (χ3v) is 6.27. The topological polar surface area (TPSA) is 82.5 Å². The summed E-state index contributed by atoms with van der Waals surface area (Å²) in [6.07, 6.45) is 4.18. The van der Waals surface area contributed by atoms with Crippen LogP contribution in [0.5, 0.6) is 5.75 Å². The van der Waals surface area contributed by atoms with Crippen LogP contribution in [0, 0.1) is 12.7 Å². The predicted octanol–water partition coefficient (Wildman–Crippen LogP) is 2.07. The van der Waals surface area contributed by atoms with Gasteiger partial charge in [-0.05, 0) is 31.9 Å². The van der Waals surface area contributed by atoms with Crippen molar-refractivity contribution < 1.29 is 22.3 Å². The smallest absolute Gasteiger partial charge is 0.241 e. The molecular formula is C17H22FN3O4S. The summed E-state index contributed by atoms with van der Waals surface area (Å²) in [5.41, 5.74) is 0.924. The van der Waals surface area contributed by atoms with Crippen molar-refractivity contribution in [3.05, 3.63) is 41.7 Å². The molecule has 0 bridgehead atoms. The zero-order valence-corrected chi connectivity index (χ0v) is 15.7. The Morgan fingerprint density at radius 1 is 1.42 bits per heavy atom. The van der Waals surface area contributed by atoms with E-state index in [4.69, 9.17) is 9.47 Å². The molecule has 2 heterocycles. The van der Waals surface area contributed by atoms with E-state index in [0.717, 1.165) is 5.69 Å². The van der Waals surface area contributed by atoms with E-state index in [1.54, 1.807) is 12.5 Å². The van der Waals surface area contributed by atoms with Gasteiger partial charge < -0.3 is 14.0 Å². The number of aromatic nitrogens is 2. The number of benzene rings is 1. The third kappa shape index (κ3) is 3.60. The second-order valence-corrected chi connectivity index (χ2v) is 8.02. The zero-order chi connectivity index (χ0) is 18.9. The van der Waals surface area contributed by atoms with Gasteiger partial charge in [-0.25, -0.2) is 22.5 Å². The molecule has 0 unspecified atom stereocenters. The molecule has 0 spiro atoms. The van der Waals surface area contributed by atoms with Gasteiger partial charge in [0, 0.05) is 25.3 Å². The number of hydrogen-bond donors (Lipinski definition) is 1. The van der Waals surface area contributed by atoms with Crippen molar-refractivity contribution in [2.45, 2.75) is 36.8 Å². The maximum Gasteiger partial charge on any atom is 0.241 e. The van der Waals surface area contributed by atoms with E-state index in [-0.39, 0.29) is 28.4 Å². The highest BCUT2D eigenvalue weighted by Gasteiger charge is 2.30. The molecule has 2 atom stereocenters. The maximum absolute atomic E-state index is 14.2. The highest BCUT2D eigenvalue weighted by atomic mass is 32.2. The van der Waals surface area contributed by atoms with Crippen LogP contribution in [-0.2, 0) is 21.8 Å². The quantitative estimate of drug-likeness (QED) is 0.855. The number of methoxy groups -OCH3 is 1. The van der Waals surface area contributed by atoms with Crippen LogP contribution in [0.25, 0.3) is 0 Å². The molecule has 142 valence electrons. The molecule has 7 nitrogen and oxygen atoms in total. The first-order chi connectivity index (χ1) is 12.3. The number of sulfonamides is 1. The highest BCUT2D eigenvalue weighted by Crippen LogP contribution is 2.30. The Kier molecular flexibility index (Phi) is 5.31. The molecule has 26 heavy (non-hydrogen) atoms. The monoisotopic (exact) mass is 383 g/mol. The van der Waals surface area contributed by atoms with Crippen molar-refractivity contribution in [3.63, 3.8) is 0 Å². The Morgan fingerprint density at radius 3 is 2.85 bits per heavy atom. The normalized spacial score (nSPS) is 20.9. The lowest BCUT2D eigenvalue weighted by Crippen LogP contribution is -2.40. The Hall–Kier alpha value is -1.97. The summed E-state index contributed by atoms with van der Waals surface area (Å²) < 4.78 is 54.9. The molecule has 1 aromatic heterocycles. The van der Waals surface area contributed by atoms with E-state index in [2.05, 4.69) is 9.71 Å². The lowest BCUT2D eigenvalue weighted by molar-refractivity contribution is -0.0000462. The van der Waals surface area contributed by atoms with E-state index in [1.807, 2.05) is 11.6 Å². The number of rotatable bonds is 5. The maximum atomic E-state index is 14.2. The van der Waals surface area contributed by atoms with Crippen molar-refractivity contribution in [3.8, 4) is 5.75 Å². The molecule has 1 saturated heterocycles. The first kappa shape index (κ1) is 18.8. The molecule has 1 N–H and O–H groups in total. The van der Waals surface area contributed by atoms with Gasteiger partial charge in [-0.1, -0.05) is 0 Å². The van der Waals surface area contributed by atoms with E-state index in [1.165, 1.54) is 26.2 Å². The largest absolute Gasteiger partial charge is 0.494 e. The number of ether oxygens (including phenoxy) is 2. The van der Waals surface area contributed by atoms with Gasteiger partial charge in [0.05, 0.1) is 30.2 Å². The van der Waals surface area contributed by atoms with Crippen LogP contribution >= 0.6 is 0 Å². The van der Waals surface area contributed by atoms with Crippen molar-refractivity contribution >= 4 is 10.0 Å². The van der Waals surface area contributed by atoms with Crippen molar-refractivity contribution in [1.29, 1.82) is 0 Å². The van der Waals surface area contributed by atoms with Crippen LogP contribution in [0.3, 0.4) is 0 Å². The van der Waals surface area contributed by atoms with Crippen molar-refractivity contribution in [1.82, 2.24) is 14.3 Å². The average molecular weight is 383 g/mol. The molecule has 1 fully saturated rings. The Bertz CT molecular complexity index is 897. The summed E-state index contributed by atoms with van der Waals surface area (Å²) in [6, 6.07) is 2.37. The Morgan fingerprint density at radius 2 is 2.19 bits per heavy atom. The minimum Gasteiger partial charge on any atom is -0.494 e. The Labute approximate surface area is 152 Å². The number of nitrogens with one attached hydrogen (secondary N) is 1. The number of halogens is 1. The fourth-order valence-corrected chi connectivity index (χ4v) is 4.68. The molecule has 0 aliphatic carbocycles. The summed E-state index contributed by atoms with van der Waals surface area (Å²) in [6.45, 7) is 1.85. The molecule has 0 radical (unpaired) electrons. The van der Waals surface area contributed by atoms with Crippen LogP contribution in [0.15, 0.2) is 29.6 Å². The summed E-state index contributed by atoms with van der Waals surface area (Å²) >= 11 is 0. The molecular weight excluding hydrogens is 361 g/mol. The van der Waals surface area contributed by atoms with Gasteiger partial charge in [0.2, 0.25) is 10.0 Å². The van der Waals surface area contributed by atoms with Crippen LogP contribution in [0.4, 0.5) is 4.39 Å². The van der Waals surface area contributed by atoms with Crippen LogP contribution < -0.4 is 9.46 Å².